The number of aromatic nitrogens is 3. The molecule has 0 saturated heterocycles. The highest BCUT2D eigenvalue weighted by Gasteiger charge is 2.11. The van der Waals surface area contributed by atoms with Crippen molar-refractivity contribution in [3.8, 4) is 28.6 Å². The molecule has 0 atom stereocenters. The van der Waals surface area contributed by atoms with Crippen molar-refractivity contribution in [3.05, 3.63) is 76.7 Å². The Morgan fingerprint density at radius 1 is 1.09 bits per heavy atom. The number of methoxy groups -OCH3 is 2. The predicted molar refractivity (Wildman–Crippen MR) is 133 cm³/mol. The number of carbonyl (C=O) groups is 1. The summed E-state index contributed by atoms with van der Waals surface area (Å²) in [5, 5.41) is 11.0. The summed E-state index contributed by atoms with van der Waals surface area (Å²) in [6.07, 6.45) is 3.48. The van der Waals surface area contributed by atoms with Gasteiger partial charge in [-0.25, -0.2) is 0 Å². The van der Waals surface area contributed by atoms with E-state index in [0.29, 0.717) is 48.2 Å². The molecule has 0 unspecified atom stereocenters. The minimum absolute atomic E-state index is 0.135. The number of hydrogen-bond donors (Lipinski definition) is 2. The molecule has 1 amide bonds. The Morgan fingerprint density at radius 3 is 2.66 bits per heavy atom. The Hall–Kier alpha value is -4.14. The molecule has 0 aliphatic rings. The molecule has 35 heavy (non-hydrogen) atoms. The van der Waals surface area contributed by atoms with Crippen molar-refractivity contribution in [2.45, 2.75) is 25.7 Å². The van der Waals surface area contributed by atoms with Gasteiger partial charge in [0, 0.05) is 24.9 Å². The summed E-state index contributed by atoms with van der Waals surface area (Å²) in [6.45, 7) is 4.65. The van der Waals surface area contributed by atoms with Crippen molar-refractivity contribution in [1.82, 2.24) is 20.5 Å². The van der Waals surface area contributed by atoms with Gasteiger partial charge < -0.3 is 24.5 Å². The molecule has 0 aliphatic carbocycles. The van der Waals surface area contributed by atoms with Crippen molar-refractivity contribution in [2.75, 3.05) is 27.4 Å². The Balaban J connectivity index is 1.50. The maximum Gasteiger partial charge on any atom is 0.273 e. The molecule has 0 spiro atoms. The standard InChI is InChI=1S/C26H30N4O5/c1-4-5-15-35-20-8-6-7-19(17-20)25-28-26(32)21(29-30-25)10-12-24(31)27-14-13-18-9-11-22(33-2)23(16-18)34-3/h4,6-9,11,16-17H,1,5,10,12-15H2,2-3H3,(H,27,31)(H,28,30,32). The first kappa shape index (κ1) is 25.5. The first-order valence-corrected chi connectivity index (χ1v) is 11.3. The fourth-order valence-corrected chi connectivity index (χ4v) is 3.35. The maximum absolute atomic E-state index is 12.5. The van der Waals surface area contributed by atoms with Crippen molar-refractivity contribution >= 4 is 5.91 Å². The molecule has 0 bridgehead atoms. The molecule has 3 aromatic rings. The van der Waals surface area contributed by atoms with E-state index in [-0.39, 0.29) is 30.0 Å². The number of nitrogens with zero attached hydrogens (tertiary/aromatic N) is 2. The number of H-pyrrole nitrogens is 1. The highest BCUT2D eigenvalue weighted by atomic mass is 16.5. The van der Waals surface area contributed by atoms with Gasteiger partial charge >= 0.3 is 0 Å². The molecule has 2 aromatic carbocycles. The smallest absolute Gasteiger partial charge is 0.273 e. The normalized spacial score (nSPS) is 10.5. The van der Waals surface area contributed by atoms with Crippen LogP contribution in [0.25, 0.3) is 11.4 Å². The quantitative estimate of drug-likeness (QED) is 0.286. The van der Waals surface area contributed by atoms with Gasteiger partial charge in [0.1, 0.15) is 11.4 Å². The van der Waals surface area contributed by atoms with Gasteiger partial charge in [0.2, 0.25) is 5.91 Å². The summed E-state index contributed by atoms with van der Waals surface area (Å²) in [7, 11) is 3.16. The van der Waals surface area contributed by atoms with Crippen LogP contribution < -0.4 is 25.1 Å². The number of ether oxygens (including phenoxy) is 3. The largest absolute Gasteiger partial charge is 0.493 e. The van der Waals surface area contributed by atoms with Crippen LogP contribution in [0.3, 0.4) is 0 Å². The average Bonchev–Trinajstić information content (AvgIpc) is 2.88. The van der Waals surface area contributed by atoms with E-state index in [1.54, 1.807) is 26.4 Å². The van der Waals surface area contributed by atoms with Crippen LogP contribution in [0.2, 0.25) is 0 Å². The monoisotopic (exact) mass is 478 g/mol. The first-order valence-electron chi connectivity index (χ1n) is 11.3. The molecule has 0 fully saturated rings. The third kappa shape index (κ3) is 7.43. The number of carbonyl (C=O) groups excluding carboxylic acids is 1. The molecule has 2 N–H and O–H groups in total. The molecular weight excluding hydrogens is 448 g/mol. The zero-order valence-electron chi connectivity index (χ0n) is 20.0. The third-order valence-corrected chi connectivity index (χ3v) is 5.24. The topological polar surface area (TPSA) is 115 Å². The van der Waals surface area contributed by atoms with Crippen molar-refractivity contribution in [2.24, 2.45) is 0 Å². The van der Waals surface area contributed by atoms with Crippen molar-refractivity contribution in [1.29, 1.82) is 0 Å². The molecular formula is C26H30N4O5. The van der Waals surface area contributed by atoms with E-state index in [9.17, 15) is 9.59 Å². The summed E-state index contributed by atoms with van der Waals surface area (Å²) in [5.74, 6) is 2.14. The number of hydrogen-bond acceptors (Lipinski definition) is 7. The molecule has 0 saturated carbocycles. The summed E-state index contributed by atoms with van der Waals surface area (Å²) in [4.78, 5) is 27.5. The van der Waals surface area contributed by atoms with Gasteiger partial charge in [0.15, 0.2) is 17.3 Å². The van der Waals surface area contributed by atoms with Crippen LogP contribution in [0.5, 0.6) is 17.2 Å². The Kier molecular flexibility index (Phi) is 9.41. The molecule has 1 heterocycles. The number of rotatable bonds is 13. The Labute approximate surface area is 204 Å². The van der Waals surface area contributed by atoms with E-state index in [4.69, 9.17) is 14.2 Å². The Morgan fingerprint density at radius 2 is 1.91 bits per heavy atom. The van der Waals surface area contributed by atoms with Crippen molar-refractivity contribution in [3.63, 3.8) is 0 Å². The van der Waals surface area contributed by atoms with E-state index >= 15 is 0 Å². The second-order valence-electron chi connectivity index (χ2n) is 7.69. The molecule has 9 nitrogen and oxygen atoms in total. The molecule has 3 rings (SSSR count). The second-order valence-corrected chi connectivity index (χ2v) is 7.69. The first-order chi connectivity index (χ1) is 17.0. The van der Waals surface area contributed by atoms with Gasteiger partial charge in [-0.1, -0.05) is 24.3 Å². The molecule has 1 aromatic heterocycles. The summed E-state index contributed by atoms with van der Waals surface area (Å²) in [5.41, 5.74) is 1.54. The van der Waals surface area contributed by atoms with Crippen LogP contribution in [0.15, 0.2) is 59.9 Å². The second kappa shape index (κ2) is 12.9. The van der Waals surface area contributed by atoms with Crippen LogP contribution in [0.4, 0.5) is 0 Å². The van der Waals surface area contributed by atoms with Gasteiger partial charge in [-0.05, 0) is 42.7 Å². The fourth-order valence-electron chi connectivity index (χ4n) is 3.35. The molecule has 0 radical (unpaired) electrons. The van der Waals surface area contributed by atoms with E-state index in [2.05, 4.69) is 27.1 Å². The fraction of sp³-hybridized carbons (Fsp3) is 0.308. The third-order valence-electron chi connectivity index (χ3n) is 5.24. The van der Waals surface area contributed by atoms with Gasteiger partial charge in [-0.15, -0.1) is 16.8 Å². The molecule has 184 valence electrons. The number of aromatic amines is 1. The molecule has 9 heteroatoms. The average molecular weight is 479 g/mol. The summed E-state index contributed by atoms with van der Waals surface area (Å²) >= 11 is 0. The Bertz CT molecular complexity index is 1210. The number of amides is 1. The van der Waals surface area contributed by atoms with E-state index in [0.717, 1.165) is 12.0 Å². The van der Waals surface area contributed by atoms with E-state index < -0.39 is 0 Å². The van der Waals surface area contributed by atoms with Gasteiger partial charge in [-0.2, -0.15) is 0 Å². The van der Waals surface area contributed by atoms with Crippen LogP contribution in [-0.2, 0) is 17.6 Å². The zero-order valence-corrected chi connectivity index (χ0v) is 20.0. The number of nitrogens with one attached hydrogen (secondary N) is 2. The van der Waals surface area contributed by atoms with Gasteiger partial charge in [0.05, 0.1) is 20.8 Å². The lowest BCUT2D eigenvalue weighted by Gasteiger charge is -2.10. The van der Waals surface area contributed by atoms with Crippen LogP contribution in [0.1, 0.15) is 24.1 Å². The van der Waals surface area contributed by atoms with E-state index in [1.165, 1.54) is 0 Å². The summed E-state index contributed by atoms with van der Waals surface area (Å²) < 4.78 is 16.2. The minimum Gasteiger partial charge on any atom is -0.493 e. The zero-order chi connectivity index (χ0) is 25.0. The van der Waals surface area contributed by atoms with Gasteiger partial charge in [0.25, 0.3) is 5.56 Å². The number of benzene rings is 2. The van der Waals surface area contributed by atoms with Crippen LogP contribution >= 0.6 is 0 Å². The lowest BCUT2D eigenvalue weighted by Crippen LogP contribution is -2.27. The highest BCUT2D eigenvalue weighted by molar-refractivity contribution is 5.76. The summed E-state index contributed by atoms with van der Waals surface area (Å²) in [6, 6.07) is 12.9. The van der Waals surface area contributed by atoms with Crippen LogP contribution in [0, 0.1) is 0 Å². The maximum atomic E-state index is 12.5. The number of aryl methyl sites for hydroxylation is 1. The lowest BCUT2D eigenvalue weighted by molar-refractivity contribution is -0.121. The lowest BCUT2D eigenvalue weighted by atomic mass is 10.1. The van der Waals surface area contributed by atoms with Crippen molar-refractivity contribution < 1.29 is 19.0 Å². The molecule has 0 aliphatic heterocycles. The predicted octanol–water partition coefficient (Wildman–Crippen LogP) is 3.10. The highest BCUT2D eigenvalue weighted by Crippen LogP contribution is 2.27. The van der Waals surface area contributed by atoms with Crippen LogP contribution in [-0.4, -0.2) is 48.5 Å². The minimum atomic E-state index is -0.369. The SMILES string of the molecule is C=CCCOc1cccc(-c2nnc(CCC(=O)NCCc3ccc(OC)c(OC)c3)c(=O)[nH]2)c1. The van der Waals surface area contributed by atoms with E-state index in [1.807, 2.05) is 36.4 Å². The van der Waals surface area contributed by atoms with Gasteiger partial charge in [-0.3, -0.25) is 9.59 Å².